The van der Waals surface area contributed by atoms with Gasteiger partial charge in [0.1, 0.15) is 5.82 Å². The van der Waals surface area contributed by atoms with Gasteiger partial charge in [0.05, 0.1) is 5.69 Å². The molecule has 0 saturated heterocycles. The quantitative estimate of drug-likeness (QED) is 0.881. The van der Waals surface area contributed by atoms with Crippen molar-refractivity contribution in [3.63, 3.8) is 0 Å². The summed E-state index contributed by atoms with van der Waals surface area (Å²) in [6.45, 7) is 0. The number of hydrogen-bond donors (Lipinski definition) is 2. The van der Waals surface area contributed by atoms with Crippen LogP contribution in [-0.4, -0.2) is 13.4 Å². The van der Waals surface area contributed by atoms with Gasteiger partial charge in [-0.25, -0.2) is 12.8 Å². The summed E-state index contributed by atoms with van der Waals surface area (Å²) in [5, 5.41) is 0. The van der Waals surface area contributed by atoms with E-state index in [9.17, 15) is 17.6 Å². The first-order valence-electron chi connectivity index (χ1n) is 4.96. The summed E-state index contributed by atoms with van der Waals surface area (Å²) in [5.41, 5.74) is -0.970. The third kappa shape index (κ3) is 2.40. The van der Waals surface area contributed by atoms with Gasteiger partial charge in [0.25, 0.3) is 15.6 Å². The Kier molecular flexibility index (Phi) is 3.15. The van der Waals surface area contributed by atoms with Gasteiger partial charge in [0, 0.05) is 6.20 Å². The van der Waals surface area contributed by atoms with Crippen LogP contribution in [-0.2, 0) is 10.0 Å². The molecule has 0 aliphatic carbocycles. The first-order chi connectivity index (χ1) is 8.50. The highest BCUT2D eigenvalue weighted by Crippen LogP contribution is 2.16. The molecule has 1 aromatic carbocycles. The molecule has 0 unspecified atom stereocenters. The Morgan fingerprint density at radius 2 is 1.83 bits per heavy atom. The lowest BCUT2D eigenvalue weighted by molar-refractivity contribution is 0.597. The highest BCUT2D eigenvalue weighted by molar-refractivity contribution is 7.92. The predicted octanol–water partition coefficient (Wildman–Crippen LogP) is 1.31. The zero-order valence-electron chi connectivity index (χ0n) is 9.05. The topological polar surface area (TPSA) is 79.0 Å². The van der Waals surface area contributed by atoms with Crippen molar-refractivity contribution in [1.29, 1.82) is 0 Å². The number of pyridine rings is 1. The molecular weight excluding hydrogens is 259 g/mol. The molecular formula is C11H9FN2O3S. The van der Waals surface area contributed by atoms with Crippen LogP contribution in [0.2, 0.25) is 0 Å². The van der Waals surface area contributed by atoms with Gasteiger partial charge in [-0.15, -0.1) is 0 Å². The van der Waals surface area contributed by atoms with E-state index < -0.39 is 26.3 Å². The fourth-order valence-corrected chi connectivity index (χ4v) is 2.49. The number of hydrogen-bond acceptors (Lipinski definition) is 3. The van der Waals surface area contributed by atoms with Crippen LogP contribution in [0.25, 0.3) is 0 Å². The molecule has 18 heavy (non-hydrogen) atoms. The number of aromatic nitrogens is 1. The highest BCUT2D eigenvalue weighted by Gasteiger charge is 2.19. The summed E-state index contributed by atoms with van der Waals surface area (Å²) in [5.74, 6) is -0.714. The van der Waals surface area contributed by atoms with Crippen LogP contribution in [0.1, 0.15) is 0 Å². The molecule has 0 radical (unpaired) electrons. The largest absolute Gasteiger partial charge is 0.328 e. The van der Waals surface area contributed by atoms with Gasteiger partial charge < -0.3 is 4.98 Å². The normalized spacial score (nSPS) is 11.2. The second kappa shape index (κ2) is 4.61. The first kappa shape index (κ1) is 12.3. The molecule has 5 nitrogen and oxygen atoms in total. The van der Waals surface area contributed by atoms with Crippen LogP contribution < -0.4 is 10.3 Å². The van der Waals surface area contributed by atoms with E-state index in [1.807, 2.05) is 4.72 Å². The molecule has 0 atom stereocenters. The van der Waals surface area contributed by atoms with Gasteiger partial charge in [-0.1, -0.05) is 12.1 Å². The van der Waals surface area contributed by atoms with Crippen molar-refractivity contribution in [3.8, 4) is 0 Å². The minimum absolute atomic E-state index is 0.208. The van der Waals surface area contributed by atoms with Crippen molar-refractivity contribution < 1.29 is 12.8 Å². The summed E-state index contributed by atoms with van der Waals surface area (Å²) < 4.78 is 39.1. The highest BCUT2D eigenvalue weighted by atomic mass is 32.2. The average molecular weight is 268 g/mol. The molecule has 0 bridgehead atoms. The number of rotatable bonds is 3. The molecule has 2 N–H and O–H groups in total. The van der Waals surface area contributed by atoms with Crippen LogP contribution in [0.4, 0.5) is 10.1 Å². The van der Waals surface area contributed by atoms with E-state index >= 15 is 0 Å². The molecule has 0 aliphatic rings. The van der Waals surface area contributed by atoms with Crippen molar-refractivity contribution in [2.24, 2.45) is 0 Å². The Hall–Kier alpha value is -2.15. The zero-order valence-corrected chi connectivity index (χ0v) is 9.87. The van der Waals surface area contributed by atoms with Crippen molar-refractivity contribution in [2.75, 3.05) is 4.72 Å². The van der Waals surface area contributed by atoms with E-state index in [2.05, 4.69) is 4.98 Å². The minimum atomic E-state index is -4.10. The van der Waals surface area contributed by atoms with Gasteiger partial charge >= 0.3 is 0 Å². The maximum Gasteiger partial charge on any atom is 0.268 e. The van der Waals surface area contributed by atoms with Gasteiger partial charge in [0.2, 0.25) is 0 Å². The molecule has 0 amide bonds. The van der Waals surface area contributed by atoms with E-state index in [1.54, 1.807) is 0 Å². The second-order valence-corrected chi connectivity index (χ2v) is 5.10. The fraction of sp³-hybridized carbons (Fsp3) is 0. The molecule has 0 saturated carbocycles. The van der Waals surface area contributed by atoms with E-state index in [1.165, 1.54) is 30.5 Å². The van der Waals surface area contributed by atoms with Crippen molar-refractivity contribution in [2.45, 2.75) is 4.90 Å². The molecule has 7 heteroatoms. The third-order valence-corrected chi connectivity index (χ3v) is 3.58. The lowest BCUT2D eigenvalue weighted by Gasteiger charge is -2.07. The van der Waals surface area contributed by atoms with Crippen molar-refractivity contribution in [1.82, 2.24) is 4.98 Å². The number of para-hydroxylation sites is 1. The second-order valence-electron chi connectivity index (χ2n) is 3.45. The Balaban J connectivity index is 2.43. The van der Waals surface area contributed by atoms with Gasteiger partial charge in [-0.3, -0.25) is 9.52 Å². The molecule has 2 rings (SSSR count). The molecule has 94 valence electrons. The molecule has 0 spiro atoms. The van der Waals surface area contributed by atoms with E-state index in [0.717, 1.165) is 12.1 Å². The van der Waals surface area contributed by atoms with Gasteiger partial charge in [-0.05, 0) is 24.3 Å². The summed E-state index contributed by atoms with van der Waals surface area (Å²) in [4.78, 5) is 13.1. The Labute approximate surface area is 102 Å². The lowest BCUT2D eigenvalue weighted by atomic mass is 10.3. The Morgan fingerprint density at radius 1 is 1.11 bits per heavy atom. The summed E-state index contributed by atoms with van der Waals surface area (Å²) in [6, 6.07) is 7.81. The van der Waals surface area contributed by atoms with E-state index in [4.69, 9.17) is 0 Å². The molecule has 1 aromatic heterocycles. The van der Waals surface area contributed by atoms with Crippen molar-refractivity contribution >= 4 is 15.7 Å². The van der Waals surface area contributed by atoms with E-state index in [0.29, 0.717) is 0 Å². The summed E-state index contributed by atoms with van der Waals surface area (Å²) >= 11 is 0. The Morgan fingerprint density at radius 3 is 2.50 bits per heavy atom. The predicted molar refractivity (Wildman–Crippen MR) is 64.3 cm³/mol. The maximum absolute atomic E-state index is 13.3. The number of benzene rings is 1. The number of halogens is 1. The van der Waals surface area contributed by atoms with Crippen LogP contribution >= 0.6 is 0 Å². The number of anilines is 1. The lowest BCUT2D eigenvalue weighted by Crippen LogP contribution is -2.22. The van der Waals surface area contributed by atoms with Crippen molar-refractivity contribution in [3.05, 3.63) is 58.8 Å². The number of nitrogens with one attached hydrogen (secondary N) is 2. The third-order valence-electron chi connectivity index (χ3n) is 2.19. The van der Waals surface area contributed by atoms with Crippen LogP contribution in [0, 0.1) is 5.82 Å². The number of sulfonamides is 1. The molecule has 0 fully saturated rings. The van der Waals surface area contributed by atoms with Gasteiger partial charge in [0.15, 0.2) is 4.90 Å². The maximum atomic E-state index is 13.3. The SMILES string of the molecule is O=c1[nH]cccc1S(=O)(=O)Nc1ccccc1F. The average Bonchev–Trinajstić information content (AvgIpc) is 2.32. The zero-order chi connectivity index (χ0) is 13.2. The smallest absolute Gasteiger partial charge is 0.268 e. The summed E-state index contributed by atoms with van der Waals surface area (Å²) in [7, 11) is -4.10. The molecule has 1 heterocycles. The summed E-state index contributed by atoms with van der Waals surface area (Å²) in [6.07, 6.45) is 1.31. The molecule has 0 aliphatic heterocycles. The standard InChI is InChI=1S/C11H9FN2O3S/c12-8-4-1-2-5-9(8)14-18(16,17)10-6-3-7-13-11(10)15/h1-7,14H,(H,13,15). The Bertz CT molecular complexity index is 725. The monoisotopic (exact) mass is 268 g/mol. The van der Waals surface area contributed by atoms with Crippen LogP contribution in [0.5, 0.6) is 0 Å². The van der Waals surface area contributed by atoms with Gasteiger partial charge in [-0.2, -0.15) is 0 Å². The van der Waals surface area contributed by atoms with Crippen LogP contribution in [0.3, 0.4) is 0 Å². The van der Waals surface area contributed by atoms with Crippen LogP contribution in [0.15, 0.2) is 52.3 Å². The molecule has 2 aromatic rings. The van der Waals surface area contributed by atoms with E-state index in [-0.39, 0.29) is 5.69 Å². The number of H-pyrrole nitrogens is 1. The fourth-order valence-electron chi connectivity index (χ4n) is 1.36. The minimum Gasteiger partial charge on any atom is -0.328 e. The first-order valence-corrected chi connectivity index (χ1v) is 6.44. The number of aromatic amines is 1.